The second-order valence-corrected chi connectivity index (χ2v) is 10.3. The highest BCUT2D eigenvalue weighted by molar-refractivity contribution is 5.96. The van der Waals surface area contributed by atoms with Crippen LogP contribution < -0.4 is 27.2 Å². The minimum absolute atomic E-state index is 0.0388. The molecule has 15 heteroatoms. The van der Waals surface area contributed by atoms with E-state index in [-0.39, 0.29) is 48.6 Å². The Morgan fingerprint density at radius 3 is 2.36 bits per heavy atom. The quantitative estimate of drug-likeness (QED) is 0.191. The highest BCUT2D eigenvalue weighted by Crippen LogP contribution is 2.38. The van der Waals surface area contributed by atoms with Gasteiger partial charge in [0, 0.05) is 24.3 Å². The molecule has 12 nitrogen and oxygen atoms in total. The van der Waals surface area contributed by atoms with Crippen LogP contribution >= 0.6 is 0 Å². The number of nitrogens with two attached hydrogens (primary N) is 1. The Bertz CT molecular complexity index is 1520. The van der Waals surface area contributed by atoms with Gasteiger partial charge in [-0.15, -0.1) is 0 Å². The van der Waals surface area contributed by atoms with Crippen molar-refractivity contribution in [2.75, 3.05) is 17.6 Å². The van der Waals surface area contributed by atoms with E-state index in [1.807, 2.05) is 0 Å². The van der Waals surface area contributed by atoms with E-state index >= 15 is 0 Å². The Morgan fingerprint density at radius 1 is 1.10 bits per heavy atom. The van der Waals surface area contributed by atoms with Crippen molar-refractivity contribution in [3.63, 3.8) is 0 Å². The van der Waals surface area contributed by atoms with Gasteiger partial charge in [0.15, 0.2) is 0 Å². The Hall–Kier alpha value is -4.82. The van der Waals surface area contributed by atoms with Gasteiger partial charge in [0.25, 0.3) is 11.5 Å². The van der Waals surface area contributed by atoms with Crippen LogP contribution in [0.3, 0.4) is 0 Å². The van der Waals surface area contributed by atoms with Crippen LogP contribution in [0.5, 0.6) is 0 Å². The maximum atomic E-state index is 13.9. The summed E-state index contributed by atoms with van der Waals surface area (Å²) in [4.78, 5) is 54.1. The van der Waals surface area contributed by atoms with Crippen LogP contribution in [0, 0.1) is 0 Å². The molecule has 0 saturated heterocycles. The largest absolute Gasteiger partial charge is 0.480 e. The minimum atomic E-state index is -4.87. The van der Waals surface area contributed by atoms with Crippen molar-refractivity contribution >= 4 is 40.5 Å². The van der Waals surface area contributed by atoms with Gasteiger partial charge in [0.05, 0.1) is 16.5 Å². The molecular weight excluding hydrogens is 561 g/mol. The molecule has 226 valence electrons. The average molecular weight is 593 g/mol. The Balaban J connectivity index is 1.62. The number of benzene rings is 2. The lowest BCUT2D eigenvalue weighted by molar-refractivity contribution is -0.139. The number of aromatic amines is 1. The smallest absolute Gasteiger partial charge is 0.419 e. The molecule has 2 amide bonds. The van der Waals surface area contributed by atoms with Crippen LogP contribution in [0.15, 0.2) is 41.2 Å². The summed E-state index contributed by atoms with van der Waals surface area (Å²) in [7, 11) is 0. The van der Waals surface area contributed by atoms with Crippen LogP contribution in [0.2, 0.25) is 0 Å². The number of carboxylic acids is 1. The van der Waals surface area contributed by atoms with Crippen molar-refractivity contribution in [2.24, 2.45) is 0 Å². The second kappa shape index (κ2) is 12.8. The van der Waals surface area contributed by atoms with Gasteiger partial charge in [-0.1, -0.05) is 12.1 Å². The third kappa shape index (κ3) is 8.59. The van der Waals surface area contributed by atoms with Gasteiger partial charge in [-0.05, 0) is 63.4 Å². The lowest BCUT2D eigenvalue weighted by Gasteiger charge is -2.20. The van der Waals surface area contributed by atoms with E-state index < -0.39 is 52.3 Å². The molecule has 3 rings (SSSR count). The Kier molecular flexibility index (Phi) is 9.65. The fourth-order valence-electron chi connectivity index (χ4n) is 3.97. The number of fused-ring (bicyclic) bond motifs is 1. The molecule has 42 heavy (non-hydrogen) atoms. The summed E-state index contributed by atoms with van der Waals surface area (Å²) < 4.78 is 46.9. The topological polar surface area (TPSA) is 189 Å². The van der Waals surface area contributed by atoms with E-state index in [4.69, 9.17) is 10.5 Å². The molecule has 0 unspecified atom stereocenters. The van der Waals surface area contributed by atoms with Crippen molar-refractivity contribution < 1.29 is 37.4 Å². The van der Waals surface area contributed by atoms with Crippen molar-refractivity contribution in [1.82, 2.24) is 20.6 Å². The number of nitrogens with one attached hydrogen (secondary N) is 4. The maximum Gasteiger partial charge on any atom is 0.419 e. The van der Waals surface area contributed by atoms with Crippen LogP contribution in [0.25, 0.3) is 10.9 Å². The van der Waals surface area contributed by atoms with Gasteiger partial charge in [-0.2, -0.15) is 13.2 Å². The standard InChI is InChI=1S/C27H31F3N6O6/c1-26(2,3)42-25(41)32-12-4-5-18(23(39)40)34-21(37)15-8-6-14(7-9-15)13-33-17-11-10-16-19(20(17)27(28,29)30)22(38)36-24(31)35-16/h6-11,18,33H,4-5,12-13H2,1-3H3,(H,32,41)(H,34,37)(H,39,40)(H3,31,35,36,38)/t18-/m0/s1. The van der Waals surface area contributed by atoms with Crippen molar-refractivity contribution in [1.29, 1.82) is 0 Å². The molecule has 7 N–H and O–H groups in total. The molecule has 0 aliphatic heterocycles. The number of nitrogens with zero attached hydrogens (tertiary/aromatic N) is 1. The molecule has 0 aliphatic carbocycles. The SMILES string of the molecule is CC(C)(C)OC(=O)NCCC[C@H](NC(=O)c1ccc(CNc2ccc3nc(N)[nH]c(=O)c3c2C(F)(F)F)cc1)C(=O)O. The fraction of sp³-hybridized carbons (Fsp3) is 0.370. The third-order valence-electron chi connectivity index (χ3n) is 5.82. The number of aliphatic carboxylic acids is 1. The number of amides is 2. The summed E-state index contributed by atoms with van der Waals surface area (Å²) in [6, 6.07) is 6.96. The van der Waals surface area contributed by atoms with E-state index in [1.165, 1.54) is 30.3 Å². The third-order valence-corrected chi connectivity index (χ3v) is 5.82. The molecule has 1 heterocycles. The summed E-state index contributed by atoms with van der Waals surface area (Å²) in [5.41, 5.74) is 2.64. The van der Waals surface area contributed by atoms with Gasteiger partial charge in [-0.3, -0.25) is 14.6 Å². The number of alkyl halides is 3. The van der Waals surface area contributed by atoms with Gasteiger partial charge in [-0.25, -0.2) is 14.6 Å². The zero-order valence-corrected chi connectivity index (χ0v) is 23.0. The summed E-state index contributed by atoms with van der Waals surface area (Å²) in [6.45, 7) is 5.18. The molecule has 0 bridgehead atoms. The molecule has 0 saturated carbocycles. The molecule has 1 aromatic heterocycles. The highest BCUT2D eigenvalue weighted by Gasteiger charge is 2.37. The van der Waals surface area contributed by atoms with Crippen LogP contribution in [0.1, 0.15) is 55.1 Å². The average Bonchev–Trinajstić information content (AvgIpc) is 2.87. The molecule has 2 aromatic carbocycles. The van der Waals surface area contributed by atoms with Gasteiger partial charge < -0.3 is 31.5 Å². The minimum Gasteiger partial charge on any atom is -0.480 e. The maximum absolute atomic E-state index is 13.9. The van der Waals surface area contributed by atoms with Gasteiger partial charge in [0.2, 0.25) is 5.95 Å². The summed E-state index contributed by atoms with van der Waals surface area (Å²) in [6.07, 6.45) is -5.22. The summed E-state index contributed by atoms with van der Waals surface area (Å²) in [5, 5.41) is 16.4. The predicted molar refractivity (Wildman–Crippen MR) is 148 cm³/mol. The van der Waals surface area contributed by atoms with E-state index in [0.29, 0.717) is 5.56 Å². The van der Waals surface area contributed by atoms with Crippen LogP contribution in [-0.2, 0) is 22.3 Å². The number of halogens is 3. The number of nitrogen functional groups attached to an aromatic ring is 1. The number of hydrogen-bond acceptors (Lipinski definition) is 8. The van der Waals surface area contributed by atoms with Crippen molar-refractivity contribution in [3.8, 4) is 0 Å². The molecule has 0 aliphatic rings. The highest BCUT2D eigenvalue weighted by atomic mass is 19.4. The van der Waals surface area contributed by atoms with E-state index in [2.05, 4.69) is 25.9 Å². The van der Waals surface area contributed by atoms with E-state index in [1.54, 1.807) is 20.8 Å². The number of carbonyl (C=O) groups is 3. The first-order valence-corrected chi connectivity index (χ1v) is 12.8. The Morgan fingerprint density at radius 2 is 1.76 bits per heavy atom. The van der Waals surface area contributed by atoms with E-state index in [9.17, 15) is 37.5 Å². The molecule has 0 radical (unpaired) electrons. The van der Waals surface area contributed by atoms with Crippen LogP contribution in [-0.4, -0.2) is 51.2 Å². The number of carboxylic acid groups (broad SMARTS) is 1. The van der Waals surface area contributed by atoms with Gasteiger partial charge in [0.1, 0.15) is 11.6 Å². The molecule has 0 spiro atoms. The predicted octanol–water partition coefficient (Wildman–Crippen LogP) is 3.62. The van der Waals surface area contributed by atoms with Gasteiger partial charge >= 0.3 is 18.2 Å². The van der Waals surface area contributed by atoms with Crippen molar-refractivity contribution in [2.45, 2.75) is 58.0 Å². The molecular formula is C27H31F3N6O6. The first-order valence-electron chi connectivity index (χ1n) is 12.8. The number of alkyl carbamates (subject to hydrolysis) is 1. The number of rotatable bonds is 10. The molecule has 3 aromatic rings. The molecule has 0 fully saturated rings. The number of anilines is 2. The normalized spacial score (nSPS) is 12.4. The van der Waals surface area contributed by atoms with Crippen molar-refractivity contribution in [3.05, 3.63) is 63.4 Å². The number of hydrogen-bond donors (Lipinski definition) is 6. The zero-order valence-electron chi connectivity index (χ0n) is 23.0. The first kappa shape index (κ1) is 31.7. The summed E-state index contributed by atoms with van der Waals surface area (Å²) in [5.74, 6) is -2.23. The fourth-order valence-corrected chi connectivity index (χ4v) is 3.97. The number of carbonyl (C=O) groups excluding carboxylic acids is 2. The van der Waals surface area contributed by atoms with E-state index in [0.717, 1.165) is 6.07 Å². The lowest BCUT2D eigenvalue weighted by Crippen LogP contribution is -2.41. The number of ether oxygens (including phenoxy) is 1. The Labute approximate surface area is 237 Å². The second-order valence-electron chi connectivity index (χ2n) is 10.3. The van der Waals surface area contributed by atoms with Crippen LogP contribution in [0.4, 0.5) is 29.6 Å². The lowest BCUT2D eigenvalue weighted by atomic mass is 10.1. The molecule has 1 atom stereocenters. The first-order chi connectivity index (χ1) is 19.5. The monoisotopic (exact) mass is 592 g/mol. The summed E-state index contributed by atoms with van der Waals surface area (Å²) >= 11 is 0. The number of aromatic nitrogens is 2. The zero-order chi connectivity index (χ0) is 31.2. The number of H-pyrrole nitrogens is 1.